The molecule has 0 unspecified atom stereocenters. The maximum atomic E-state index is 5.43. The molecule has 2 aromatic heterocycles. The van der Waals surface area contributed by atoms with Crippen molar-refractivity contribution < 1.29 is 4.42 Å². The molecule has 0 aliphatic rings. The third-order valence-corrected chi connectivity index (χ3v) is 1.31. The van der Waals surface area contributed by atoms with E-state index >= 15 is 0 Å². The maximum absolute atomic E-state index is 5.43. The minimum absolute atomic E-state index is 0.371. The van der Waals surface area contributed by atoms with Crippen LogP contribution in [0.5, 0.6) is 0 Å². The standard InChI is InChI=1S/C6H5N3O/c7-6-4-1-8-3-9-5(4)2-10-6/h1-3H,7H2. The number of anilines is 1. The Bertz CT molecular complexity index is 355. The zero-order valence-corrected chi connectivity index (χ0v) is 5.11. The highest BCUT2D eigenvalue weighted by Crippen LogP contribution is 2.18. The molecule has 0 aliphatic carbocycles. The molecule has 0 saturated carbocycles. The smallest absolute Gasteiger partial charge is 0.201 e. The number of hydrogen-bond acceptors (Lipinski definition) is 4. The quantitative estimate of drug-likeness (QED) is 0.580. The lowest BCUT2D eigenvalue weighted by Crippen LogP contribution is -1.81. The van der Waals surface area contributed by atoms with Crippen LogP contribution in [-0.2, 0) is 0 Å². The summed E-state index contributed by atoms with van der Waals surface area (Å²) in [5.74, 6) is 0.371. The molecule has 4 nitrogen and oxygen atoms in total. The lowest BCUT2D eigenvalue weighted by atomic mass is 10.4. The molecule has 10 heavy (non-hydrogen) atoms. The fourth-order valence-electron chi connectivity index (χ4n) is 0.806. The number of hydrogen-bond donors (Lipinski definition) is 1. The Hall–Kier alpha value is -1.58. The van der Waals surface area contributed by atoms with E-state index in [-0.39, 0.29) is 0 Å². The van der Waals surface area contributed by atoms with Gasteiger partial charge in [-0.25, -0.2) is 9.97 Å². The molecule has 2 rings (SSSR count). The van der Waals surface area contributed by atoms with Gasteiger partial charge < -0.3 is 10.2 Å². The molecule has 2 aromatic rings. The average molecular weight is 135 g/mol. The SMILES string of the molecule is Nc1occ2ncncc12. The minimum Gasteiger partial charge on any atom is -0.446 e. The highest BCUT2D eigenvalue weighted by Gasteiger charge is 2.00. The minimum atomic E-state index is 0.371. The second kappa shape index (κ2) is 1.70. The van der Waals surface area contributed by atoms with Gasteiger partial charge in [0, 0.05) is 6.20 Å². The lowest BCUT2D eigenvalue weighted by molar-refractivity contribution is 0.592. The van der Waals surface area contributed by atoms with Crippen LogP contribution in [0.2, 0.25) is 0 Å². The predicted molar refractivity (Wildman–Crippen MR) is 36.2 cm³/mol. The van der Waals surface area contributed by atoms with Gasteiger partial charge >= 0.3 is 0 Å². The van der Waals surface area contributed by atoms with Crippen LogP contribution >= 0.6 is 0 Å². The van der Waals surface area contributed by atoms with Gasteiger partial charge in [-0.15, -0.1) is 0 Å². The van der Waals surface area contributed by atoms with Crippen LogP contribution in [0.25, 0.3) is 10.9 Å². The van der Waals surface area contributed by atoms with Crippen molar-refractivity contribution in [1.29, 1.82) is 0 Å². The van der Waals surface area contributed by atoms with Crippen molar-refractivity contribution in [2.45, 2.75) is 0 Å². The van der Waals surface area contributed by atoms with E-state index in [2.05, 4.69) is 9.97 Å². The predicted octanol–water partition coefficient (Wildman–Crippen LogP) is 0.805. The Kier molecular flexibility index (Phi) is 0.887. The molecular weight excluding hydrogens is 130 g/mol. The van der Waals surface area contributed by atoms with E-state index in [4.69, 9.17) is 10.2 Å². The van der Waals surface area contributed by atoms with E-state index < -0.39 is 0 Å². The number of nitrogen functional groups attached to an aromatic ring is 1. The molecule has 0 saturated heterocycles. The summed E-state index contributed by atoms with van der Waals surface area (Å²) in [4.78, 5) is 7.71. The third kappa shape index (κ3) is 0.556. The summed E-state index contributed by atoms with van der Waals surface area (Å²) >= 11 is 0. The van der Waals surface area contributed by atoms with Crippen molar-refractivity contribution in [1.82, 2.24) is 9.97 Å². The monoisotopic (exact) mass is 135 g/mol. The second-order valence-corrected chi connectivity index (χ2v) is 1.92. The summed E-state index contributed by atoms with van der Waals surface area (Å²) in [7, 11) is 0. The molecule has 0 bridgehead atoms. The molecule has 0 aromatic carbocycles. The number of furan rings is 1. The molecule has 0 amide bonds. The van der Waals surface area contributed by atoms with Crippen molar-refractivity contribution in [3.63, 3.8) is 0 Å². The van der Waals surface area contributed by atoms with Crippen LogP contribution < -0.4 is 5.73 Å². The summed E-state index contributed by atoms with van der Waals surface area (Å²) in [6, 6.07) is 0. The molecule has 4 heteroatoms. The van der Waals surface area contributed by atoms with E-state index in [1.807, 2.05) is 0 Å². The van der Waals surface area contributed by atoms with Crippen molar-refractivity contribution in [2.24, 2.45) is 0 Å². The number of rotatable bonds is 0. The van der Waals surface area contributed by atoms with Gasteiger partial charge in [0.2, 0.25) is 5.88 Å². The molecular formula is C6H5N3O. The van der Waals surface area contributed by atoms with Crippen molar-refractivity contribution >= 4 is 16.8 Å². The van der Waals surface area contributed by atoms with Crippen LogP contribution in [0, 0.1) is 0 Å². The van der Waals surface area contributed by atoms with Crippen LogP contribution in [0.4, 0.5) is 5.88 Å². The lowest BCUT2D eigenvalue weighted by Gasteiger charge is -1.83. The first kappa shape index (κ1) is 5.22. The molecule has 2 heterocycles. The first-order valence-electron chi connectivity index (χ1n) is 2.80. The third-order valence-electron chi connectivity index (χ3n) is 1.31. The van der Waals surface area contributed by atoms with E-state index in [9.17, 15) is 0 Å². The van der Waals surface area contributed by atoms with Crippen molar-refractivity contribution in [2.75, 3.05) is 5.73 Å². The van der Waals surface area contributed by atoms with Gasteiger partial charge in [0.25, 0.3) is 0 Å². The number of nitrogens with two attached hydrogens (primary N) is 1. The van der Waals surface area contributed by atoms with Crippen LogP contribution in [0.1, 0.15) is 0 Å². The first-order valence-corrected chi connectivity index (χ1v) is 2.80. The van der Waals surface area contributed by atoms with Gasteiger partial charge in [0.15, 0.2) is 0 Å². The summed E-state index contributed by atoms with van der Waals surface area (Å²) in [6.07, 6.45) is 4.59. The van der Waals surface area contributed by atoms with E-state index in [0.29, 0.717) is 5.88 Å². The van der Waals surface area contributed by atoms with Crippen LogP contribution in [0.3, 0.4) is 0 Å². The summed E-state index contributed by atoms with van der Waals surface area (Å²) in [5, 5.41) is 0.766. The van der Waals surface area contributed by atoms with E-state index in [0.717, 1.165) is 10.9 Å². The van der Waals surface area contributed by atoms with Crippen LogP contribution in [-0.4, -0.2) is 9.97 Å². The number of nitrogens with zero attached hydrogens (tertiary/aromatic N) is 2. The number of aromatic nitrogens is 2. The fraction of sp³-hybridized carbons (Fsp3) is 0. The second-order valence-electron chi connectivity index (χ2n) is 1.92. The summed E-state index contributed by atoms with van der Waals surface area (Å²) < 4.78 is 4.89. The number of fused-ring (bicyclic) bond motifs is 1. The Labute approximate surface area is 56.7 Å². The van der Waals surface area contributed by atoms with Crippen molar-refractivity contribution in [3.8, 4) is 0 Å². The molecule has 0 radical (unpaired) electrons. The topological polar surface area (TPSA) is 64.9 Å². The zero-order chi connectivity index (χ0) is 6.97. The zero-order valence-electron chi connectivity index (χ0n) is 5.11. The Morgan fingerprint density at radius 1 is 1.50 bits per heavy atom. The molecule has 0 atom stereocenters. The Morgan fingerprint density at radius 2 is 2.40 bits per heavy atom. The highest BCUT2D eigenvalue weighted by molar-refractivity contribution is 5.86. The van der Waals surface area contributed by atoms with E-state index in [1.165, 1.54) is 12.6 Å². The van der Waals surface area contributed by atoms with Crippen LogP contribution in [0.15, 0.2) is 23.2 Å². The molecule has 0 spiro atoms. The van der Waals surface area contributed by atoms with E-state index in [1.54, 1.807) is 6.20 Å². The molecule has 50 valence electrons. The van der Waals surface area contributed by atoms with Gasteiger partial charge in [0.05, 0.1) is 5.39 Å². The van der Waals surface area contributed by atoms with Gasteiger partial charge in [-0.2, -0.15) is 0 Å². The summed E-state index contributed by atoms with van der Waals surface area (Å²) in [5.41, 5.74) is 6.17. The Balaban J connectivity index is 2.93. The maximum Gasteiger partial charge on any atom is 0.201 e. The molecule has 0 aliphatic heterocycles. The van der Waals surface area contributed by atoms with Gasteiger partial charge in [-0.1, -0.05) is 0 Å². The average Bonchev–Trinajstić information content (AvgIpc) is 2.34. The Morgan fingerprint density at radius 3 is 3.20 bits per heavy atom. The summed E-state index contributed by atoms with van der Waals surface area (Å²) in [6.45, 7) is 0. The van der Waals surface area contributed by atoms with Gasteiger partial charge in [-0.3, -0.25) is 0 Å². The van der Waals surface area contributed by atoms with Gasteiger partial charge in [-0.05, 0) is 0 Å². The highest BCUT2D eigenvalue weighted by atomic mass is 16.3. The largest absolute Gasteiger partial charge is 0.446 e. The molecule has 0 fully saturated rings. The van der Waals surface area contributed by atoms with Gasteiger partial charge in [0.1, 0.15) is 18.1 Å². The molecule has 2 N–H and O–H groups in total. The fourth-order valence-corrected chi connectivity index (χ4v) is 0.806. The van der Waals surface area contributed by atoms with Crippen molar-refractivity contribution in [3.05, 3.63) is 18.8 Å². The normalized spacial score (nSPS) is 10.4. The first-order chi connectivity index (χ1) is 4.88.